The molecule has 0 atom stereocenters. The highest BCUT2D eigenvalue weighted by Crippen LogP contribution is 2.35. The van der Waals surface area contributed by atoms with Gasteiger partial charge in [0.05, 0.1) is 0 Å². The Kier molecular flexibility index (Phi) is 2.98. The van der Waals surface area contributed by atoms with Gasteiger partial charge in [-0.1, -0.05) is 19.3 Å². The summed E-state index contributed by atoms with van der Waals surface area (Å²) in [7, 11) is 0. The molecule has 1 fully saturated rings. The fourth-order valence-electron chi connectivity index (χ4n) is 2.61. The Morgan fingerprint density at radius 2 is 2.21 bits per heavy atom. The first-order valence-electron chi connectivity index (χ1n) is 6.36. The molecule has 8 nitrogen and oxygen atoms in total. The smallest absolute Gasteiger partial charge is 0.254 e. The number of hydrogen-bond acceptors (Lipinski definition) is 5. The molecule has 0 aliphatic heterocycles. The second-order valence-corrected chi connectivity index (χ2v) is 4.74. The first kappa shape index (κ1) is 11.8. The number of carbonyl (C=O) groups excluding carboxylic acids is 1. The number of imidazole rings is 1. The van der Waals surface area contributed by atoms with Crippen LogP contribution in [-0.4, -0.2) is 36.1 Å². The summed E-state index contributed by atoms with van der Waals surface area (Å²) in [4.78, 5) is 19.5. The summed E-state index contributed by atoms with van der Waals surface area (Å²) in [5.41, 5.74) is -0.700. The number of H-pyrrole nitrogens is 1. The van der Waals surface area contributed by atoms with Gasteiger partial charge in [0.15, 0.2) is 0 Å². The van der Waals surface area contributed by atoms with Gasteiger partial charge in [-0.25, -0.2) is 9.67 Å². The molecule has 0 spiro atoms. The van der Waals surface area contributed by atoms with E-state index in [0.717, 1.165) is 32.1 Å². The third kappa shape index (κ3) is 2.09. The number of aromatic nitrogens is 6. The van der Waals surface area contributed by atoms with Crippen molar-refractivity contribution >= 4 is 11.9 Å². The molecule has 2 heterocycles. The van der Waals surface area contributed by atoms with Crippen molar-refractivity contribution in [1.82, 2.24) is 30.2 Å². The molecule has 2 N–H and O–H groups in total. The lowest BCUT2D eigenvalue weighted by atomic mass is 9.81. The predicted octanol–water partition coefficient (Wildman–Crippen LogP) is 0.694. The molecule has 1 aliphatic carbocycles. The van der Waals surface area contributed by atoms with E-state index in [1.807, 2.05) is 0 Å². The van der Waals surface area contributed by atoms with Gasteiger partial charge in [0, 0.05) is 12.4 Å². The third-order valence-electron chi connectivity index (χ3n) is 3.62. The van der Waals surface area contributed by atoms with Crippen LogP contribution in [-0.2, 0) is 10.3 Å². The van der Waals surface area contributed by atoms with E-state index in [-0.39, 0.29) is 5.91 Å². The molecule has 2 aromatic rings. The van der Waals surface area contributed by atoms with Crippen molar-refractivity contribution in [2.75, 3.05) is 5.32 Å². The van der Waals surface area contributed by atoms with Crippen LogP contribution in [0.25, 0.3) is 0 Å². The summed E-state index contributed by atoms with van der Waals surface area (Å²) >= 11 is 0. The normalized spacial score (nSPS) is 18.1. The van der Waals surface area contributed by atoms with E-state index in [4.69, 9.17) is 0 Å². The molecular formula is C11H15N7O. The fourth-order valence-corrected chi connectivity index (χ4v) is 2.61. The minimum Gasteiger partial charge on any atom is -0.331 e. The van der Waals surface area contributed by atoms with Crippen molar-refractivity contribution in [1.29, 1.82) is 0 Å². The third-order valence-corrected chi connectivity index (χ3v) is 3.62. The number of amides is 1. The summed E-state index contributed by atoms with van der Waals surface area (Å²) in [6, 6.07) is 0. The minimum absolute atomic E-state index is 0.116. The van der Waals surface area contributed by atoms with Crippen LogP contribution in [0, 0.1) is 0 Å². The Morgan fingerprint density at radius 1 is 1.37 bits per heavy atom. The van der Waals surface area contributed by atoms with Crippen LogP contribution < -0.4 is 5.32 Å². The molecular weight excluding hydrogens is 246 g/mol. The van der Waals surface area contributed by atoms with Crippen LogP contribution in [0.4, 0.5) is 5.95 Å². The van der Waals surface area contributed by atoms with Gasteiger partial charge in [0.1, 0.15) is 11.9 Å². The number of aromatic amines is 1. The molecule has 3 rings (SSSR count). The number of rotatable bonds is 3. The number of nitrogens with zero attached hydrogens (tertiary/aromatic N) is 5. The lowest BCUT2D eigenvalue weighted by Gasteiger charge is -2.34. The van der Waals surface area contributed by atoms with Gasteiger partial charge >= 0.3 is 0 Å². The average molecular weight is 261 g/mol. The van der Waals surface area contributed by atoms with E-state index >= 15 is 0 Å². The van der Waals surface area contributed by atoms with E-state index in [2.05, 4.69) is 30.8 Å². The summed E-state index contributed by atoms with van der Waals surface area (Å²) in [5, 5.41) is 14.0. The molecule has 19 heavy (non-hydrogen) atoms. The Morgan fingerprint density at radius 3 is 2.84 bits per heavy atom. The molecule has 1 aliphatic rings. The molecule has 0 bridgehead atoms. The summed E-state index contributed by atoms with van der Waals surface area (Å²) in [6.45, 7) is 0. The van der Waals surface area contributed by atoms with Gasteiger partial charge in [-0.3, -0.25) is 10.1 Å². The Hall–Kier alpha value is -2.25. The maximum atomic E-state index is 12.6. The lowest BCUT2D eigenvalue weighted by Crippen LogP contribution is -2.47. The zero-order valence-corrected chi connectivity index (χ0v) is 10.4. The summed E-state index contributed by atoms with van der Waals surface area (Å²) < 4.78 is 1.57. The van der Waals surface area contributed by atoms with Crippen LogP contribution >= 0.6 is 0 Å². The van der Waals surface area contributed by atoms with Crippen LogP contribution in [0.2, 0.25) is 0 Å². The van der Waals surface area contributed by atoms with Crippen LogP contribution in [0.5, 0.6) is 0 Å². The van der Waals surface area contributed by atoms with Crippen molar-refractivity contribution in [3.05, 3.63) is 18.7 Å². The van der Waals surface area contributed by atoms with Gasteiger partial charge < -0.3 is 4.98 Å². The van der Waals surface area contributed by atoms with E-state index in [1.165, 1.54) is 6.33 Å². The predicted molar refractivity (Wildman–Crippen MR) is 66.1 cm³/mol. The number of nitrogens with one attached hydrogen (secondary N) is 2. The molecule has 1 saturated carbocycles. The Bertz CT molecular complexity index is 527. The van der Waals surface area contributed by atoms with Crippen LogP contribution in [0.1, 0.15) is 32.1 Å². The molecule has 0 radical (unpaired) electrons. The minimum atomic E-state index is -0.700. The first-order valence-corrected chi connectivity index (χ1v) is 6.36. The van der Waals surface area contributed by atoms with Crippen molar-refractivity contribution in [3.63, 3.8) is 0 Å². The number of tetrazole rings is 1. The second kappa shape index (κ2) is 4.79. The average Bonchev–Trinajstić information content (AvgIpc) is 3.12. The van der Waals surface area contributed by atoms with Gasteiger partial charge in [-0.2, -0.15) is 0 Å². The van der Waals surface area contributed by atoms with E-state index in [1.54, 1.807) is 17.1 Å². The summed E-state index contributed by atoms with van der Waals surface area (Å²) in [5.74, 6) is 0.331. The number of anilines is 1. The van der Waals surface area contributed by atoms with Gasteiger partial charge in [-0.05, 0) is 23.3 Å². The first-order chi connectivity index (χ1) is 9.31. The molecule has 8 heteroatoms. The van der Waals surface area contributed by atoms with Crippen molar-refractivity contribution in [2.24, 2.45) is 0 Å². The SMILES string of the molecule is O=C(Nc1ncc[nH]1)C1(n2cnnn2)CCCCC1. The largest absolute Gasteiger partial charge is 0.331 e. The highest BCUT2D eigenvalue weighted by molar-refractivity contribution is 5.95. The highest BCUT2D eigenvalue weighted by atomic mass is 16.2. The number of carbonyl (C=O) groups is 1. The standard InChI is InChI=1S/C11H15N7O/c19-9(15-10-12-6-7-13-10)11(4-2-1-3-5-11)18-8-14-16-17-18/h6-8H,1-5H2,(H2,12,13,15,19). The molecule has 2 aromatic heterocycles. The topological polar surface area (TPSA) is 101 Å². The fraction of sp³-hybridized carbons (Fsp3) is 0.545. The van der Waals surface area contributed by atoms with E-state index in [0.29, 0.717) is 5.95 Å². The van der Waals surface area contributed by atoms with Crippen molar-refractivity contribution in [2.45, 2.75) is 37.6 Å². The molecule has 0 unspecified atom stereocenters. The quantitative estimate of drug-likeness (QED) is 0.846. The maximum absolute atomic E-state index is 12.6. The lowest BCUT2D eigenvalue weighted by molar-refractivity contribution is -0.127. The summed E-state index contributed by atoms with van der Waals surface area (Å²) in [6.07, 6.45) is 9.37. The van der Waals surface area contributed by atoms with Gasteiger partial charge in [0.25, 0.3) is 5.91 Å². The van der Waals surface area contributed by atoms with E-state index < -0.39 is 5.54 Å². The number of hydrogen-bond donors (Lipinski definition) is 2. The maximum Gasteiger partial charge on any atom is 0.254 e. The van der Waals surface area contributed by atoms with E-state index in [9.17, 15) is 4.79 Å². The Balaban J connectivity index is 1.88. The van der Waals surface area contributed by atoms with Gasteiger partial charge in [-0.15, -0.1) is 5.10 Å². The Labute approximate surface area is 109 Å². The van der Waals surface area contributed by atoms with Crippen LogP contribution in [0.15, 0.2) is 18.7 Å². The zero-order valence-electron chi connectivity index (χ0n) is 10.4. The van der Waals surface area contributed by atoms with Crippen LogP contribution in [0.3, 0.4) is 0 Å². The monoisotopic (exact) mass is 261 g/mol. The molecule has 0 saturated heterocycles. The van der Waals surface area contributed by atoms with Crippen molar-refractivity contribution < 1.29 is 4.79 Å². The molecule has 100 valence electrons. The second-order valence-electron chi connectivity index (χ2n) is 4.74. The zero-order chi connectivity index (χ0) is 13.1. The van der Waals surface area contributed by atoms with Gasteiger partial charge in [0.2, 0.25) is 5.95 Å². The molecule has 1 amide bonds. The molecule has 0 aromatic carbocycles. The van der Waals surface area contributed by atoms with Crippen molar-refractivity contribution in [3.8, 4) is 0 Å². The highest BCUT2D eigenvalue weighted by Gasteiger charge is 2.42.